The first-order valence-corrected chi connectivity index (χ1v) is 4.59. The molecule has 0 rings (SSSR count). The zero-order valence-electron chi connectivity index (χ0n) is 4.91. The minimum absolute atomic E-state index is 0. The summed E-state index contributed by atoms with van der Waals surface area (Å²) >= 11 is 0. The molecule has 0 aliphatic rings. The van der Waals surface area contributed by atoms with Crippen molar-refractivity contribution in [1.82, 2.24) is 0 Å². The molecule has 0 heterocycles. The van der Waals surface area contributed by atoms with Crippen LogP contribution in [-0.4, -0.2) is 74.2 Å². The second-order valence-electron chi connectivity index (χ2n) is 1.06. The monoisotopic (exact) mass is 594 g/mol. The summed E-state index contributed by atoms with van der Waals surface area (Å²) in [4.78, 5) is 31.0. The summed E-state index contributed by atoms with van der Waals surface area (Å²) in [5.41, 5.74) is 0. The molecule has 8 radical (unpaired) electrons. The minimum atomic E-state index is -5.05. The molecule has 0 saturated carbocycles. The van der Waals surface area contributed by atoms with Crippen LogP contribution in [0.2, 0.25) is 0 Å². The normalized spacial score (nSPS) is 11.3. The van der Waals surface area contributed by atoms with Crippen LogP contribution in [0.25, 0.3) is 0 Å². The number of hydrogen-bond donors (Lipinski definition) is 4. The molecule has 0 aromatic carbocycles. The van der Waals surface area contributed by atoms with Gasteiger partial charge in [-0.2, -0.15) is 4.31 Å². The van der Waals surface area contributed by atoms with E-state index in [0.29, 0.717) is 0 Å². The van der Waals surface area contributed by atoms with Crippen molar-refractivity contribution in [2.24, 2.45) is 0 Å². The van der Waals surface area contributed by atoms with Gasteiger partial charge in [0.1, 0.15) is 0 Å². The van der Waals surface area contributed by atoms with Crippen molar-refractivity contribution in [1.29, 1.82) is 0 Å². The molecule has 0 unspecified atom stereocenters. The van der Waals surface area contributed by atoms with Crippen LogP contribution in [-0.2, 0) is 13.4 Å². The van der Waals surface area contributed by atoms with E-state index in [1.54, 1.807) is 0 Å². The van der Waals surface area contributed by atoms with Gasteiger partial charge >= 0.3 is 15.6 Å². The molecule has 0 aromatic rings. The van der Waals surface area contributed by atoms with Crippen molar-refractivity contribution in [3.8, 4) is 0 Å². The first-order valence-electron chi connectivity index (χ1n) is 1.53. The van der Waals surface area contributed by atoms with Gasteiger partial charge in [0.15, 0.2) is 0 Å². The maximum absolute atomic E-state index is 9.63. The fourth-order valence-corrected chi connectivity index (χ4v) is 1.25. The smallest absolute Gasteiger partial charge is 0.302 e. The fourth-order valence-electron chi connectivity index (χ4n) is 0.139. The molecule has 0 amide bonds. The molecule has 0 spiro atoms. The molecule has 11 heavy (non-hydrogen) atoms. The molecular formula is H4O7P2Pb2. The van der Waals surface area contributed by atoms with Gasteiger partial charge in [-0.3, -0.25) is 0 Å². The van der Waals surface area contributed by atoms with Crippen LogP contribution in [0.3, 0.4) is 0 Å². The predicted molar refractivity (Wildman–Crippen MR) is 36.7 cm³/mol. The number of rotatable bonds is 2. The second-order valence-corrected chi connectivity index (χ2v) is 3.68. The van der Waals surface area contributed by atoms with Crippen LogP contribution in [0.15, 0.2) is 0 Å². The van der Waals surface area contributed by atoms with Crippen molar-refractivity contribution >= 4 is 70.2 Å². The van der Waals surface area contributed by atoms with E-state index >= 15 is 0 Å². The summed E-state index contributed by atoms with van der Waals surface area (Å²) in [5, 5.41) is 0. The molecule has 0 fully saturated rings. The third kappa shape index (κ3) is 18.8. The maximum Gasteiger partial charge on any atom is 0.478 e. The average molecular weight is 592 g/mol. The Bertz CT molecular complexity index is 155. The van der Waals surface area contributed by atoms with E-state index in [2.05, 4.69) is 4.31 Å². The Kier molecular flexibility index (Phi) is 11.2. The largest absolute Gasteiger partial charge is 0.478 e. The quantitative estimate of drug-likeness (QED) is 0.226. The molecule has 11 heteroatoms. The third-order valence-corrected chi connectivity index (χ3v) is 1.91. The average Bonchev–Trinajstić information content (AvgIpc) is 1.14. The number of hydrogen-bond acceptors (Lipinski definition) is 3. The van der Waals surface area contributed by atoms with E-state index in [4.69, 9.17) is 19.6 Å². The summed E-state index contributed by atoms with van der Waals surface area (Å²) < 4.78 is 22.2. The van der Waals surface area contributed by atoms with E-state index < -0.39 is 15.6 Å². The van der Waals surface area contributed by atoms with Gasteiger partial charge in [-0.1, -0.05) is 0 Å². The third-order valence-electron chi connectivity index (χ3n) is 0.213. The van der Waals surface area contributed by atoms with Gasteiger partial charge in [0.2, 0.25) is 0 Å². The molecule has 0 bridgehead atoms. The van der Waals surface area contributed by atoms with E-state index in [1.165, 1.54) is 0 Å². The first kappa shape index (κ1) is 18.8. The number of phosphoric acid groups is 2. The van der Waals surface area contributed by atoms with Crippen LogP contribution >= 0.6 is 15.6 Å². The van der Waals surface area contributed by atoms with Gasteiger partial charge < -0.3 is 19.6 Å². The maximum atomic E-state index is 9.63. The SMILES string of the molecule is O=P(O)(O)OP(=O)(O)O.[Pb].[Pb]. The Morgan fingerprint density at radius 1 is 0.818 bits per heavy atom. The van der Waals surface area contributed by atoms with Crippen molar-refractivity contribution in [2.45, 2.75) is 0 Å². The molecule has 0 atom stereocenters. The predicted octanol–water partition coefficient (Wildman–Crippen LogP) is -1.57. The topological polar surface area (TPSA) is 124 Å². The van der Waals surface area contributed by atoms with Gasteiger partial charge in [0.25, 0.3) is 0 Å². The van der Waals surface area contributed by atoms with Crippen molar-refractivity contribution in [3.63, 3.8) is 0 Å². The van der Waals surface area contributed by atoms with Crippen LogP contribution in [0.5, 0.6) is 0 Å². The molecular weight excluding hydrogens is 588 g/mol. The molecule has 0 aliphatic carbocycles. The summed E-state index contributed by atoms with van der Waals surface area (Å²) in [6.07, 6.45) is 0. The summed E-state index contributed by atoms with van der Waals surface area (Å²) in [6.45, 7) is 0. The van der Waals surface area contributed by atoms with E-state index in [1.807, 2.05) is 0 Å². The second kappa shape index (κ2) is 6.54. The summed E-state index contributed by atoms with van der Waals surface area (Å²) in [7, 11) is -10.1. The fraction of sp³-hybridized carbons (Fsp3) is 0. The Morgan fingerprint density at radius 2 is 1.00 bits per heavy atom. The van der Waals surface area contributed by atoms with Gasteiger partial charge in [-0.05, 0) is 0 Å². The molecule has 0 saturated heterocycles. The standard InChI is InChI=1S/H4O7P2.2Pb/c1-8(2,3)7-9(4,5)6;;/h(H2,1,2,3)(H2,4,5,6);;. The molecule has 64 valence electrons. The van der Waals surface area contributed by atoms with Crippen molar-refractivity contribution in [3.05, 3.63) is 0 Å². The van der Waals surface area contributed by atoms with E-state index in [9.17, 15) is 9.13 Å². The minimum Gasteiger partial charge on any atom is -0.302 e. The Labute approximate surface area is 102 Å². The van der Waals surface area contributed by atoms with E-state index in [0.717, 1.165) is 0 Å². The molecule has 0 aromatic heterocycles. The van der Waals surface area contributed by atoms with Crippen LogP contribution in [0, 0.1) is 0 Å². The van der Waals surface area contributed by atoms with Crippen LogP contribution in [0.1, 0.15) is 0 Å². The Balaban J connectivity index is -0.000000320. The zero-order chi connectivity index (χ0) is 7.71. The molecule has 4 N–H and O–H groups in total. The Morgan fingerprint density at radius 3 is 1.00 bits per heavy atom. The summed E-state index contributed by atoms with van der Waals surface area (Å²) in [6, 6.07) is 0. The molecule has 0 aliphatic heterocycles. The van der Waals surface area contributed by atoms with Gasteiger partial charge in [-0.15, -0.1) is 0 Å². The van der Waals surface area contributed by atoms with Crippen molar-refractivity contribution < 1.29 is 33.0 Å². The summed E-state index contributed by atoms with van der Waals surface area (Å²) in [5.74, 6) is 0. The molecule has 7 nitrogen and oxygen atoms in total. The van der Waals surface area contributed by atoms with Crippen molar-refractivity contribution in [2.75, 3.05) is 0 Å². The van der Waals surface area contributed by atoms with Crippen LogP contribution < -0.4 is 0 Å². The first-order chi connectivity index (χ1) is 3.71. The Hall–Kier alpha value is 2.10. The van der Waals surface area contributed by atoms with Gasteiger partial charge in [0.05, 0.1) is 0 Å². The van der Waals surface area contributed by atoms with Gasteiger partial charge in [0, 0.05) is 54.6 Å². The van der Waals surface area contributed by atoms with Gasteiger partial charge in [-0.25, -0.2) is 9.13 Å². The van der Waals surface area contributed by atoms with Crippen LogP contribution in [0.4, 0.5) is 0 Å². The zero-order valence-corrected chi connectivity index (χ0v) is 14.5. The van der Waals surface area contributed by atoms with E-state index in [-0.39, 0.29) is 54.6 Å².